The van der Waals surface area contributed by atoms with E-state index in [1.54, 1.807) is 110 Å². The minimum Gasteiger partial charge on any atom is -0.459 e. The van der Waals surface area contributed by atoms with Crippen LogP contribution in [0, 0.1) is 11.6 Å². The lowest BCUT2D eigenvalue weighted by Crippen LogP contribution is -2.49. The number of hydrazine groups is 2. The van der Waals surface area contributed by atoms with E-state index < -0.39 is 47.7 Å². The first-order valence-corrected chi connectivity index (χ1v) is 34.2. The number of piperazine rings is 2. The lowest BCUT2D eigenvalue weighted by Gasteiger charge is -2.36. The number of nitrogens with zero attached hydrogens (tertiary/aromatic N) is 6. The lowest BCUT2D eigenvalue weighted by atomic mass is 9.98. The smallest absolute Gasteiger partial charge is 0.414 e. The number of carbonyl (C=O) groups is 9. The average Bonchev–Trinajstić information content (AvgIpc) is 1.60. The number of hydrogen-bond donors (Lipinski definition) is 6. The zero-order chi connectivity index (χ0) is 71.9. The number of aldehydes is 1. The number of ketones is 3. The number of rotatable bonds is 27. The maximum absolute atomic E-state index is 15.3. The SMILES string of the molecule is CC(=S)NC[C@H]1CN(c2ccc(N3CCN(C(=O)CCC(=O)c4ccc(NN[C@@H](C)C=O)cc4)CC3)c(F)c2)C(=O)O1.CC(=S)NC[C@H]1CN(c2ccc(N3CCN(C(=O)CCC(=O)c4ccc(NN[C@H](C)C(=O)C(=O)OCC5c6ccccc6-c6ccccc65)cc4)CC3)c(F)c2)C(=O)O1. The van der Waals surface area contributed by atoms with Crippen molar-refractivity contribution in [3.05, 3.63) is 167 Å². The number of Topliss-reactive ketones (excluding diaryl/α,β-unsaturated/α-hetero) is 3. The maximum Gasteiger partial charge on any atom is 0.414 e. The van der Waals surface area contributed by atoms with Crippen LogP contribution in [0.1, 0.15) is 91.1 Å². The van der Waals surface area contributed by atoms with Crippen LogP contribution in [-0.2, 0) is 38.2 Å². The molecule has 24 nitrogen and oxygen atoms in total. The summed E-state index contributed by atoms with van der Waals surface area (Å²) in [6.07, 6.45) is -0.874. The van der Waals surface area contributed by atoms with Gasteiger partial charge in [-0.25, -0.2) is 34.0 Å². The molecule has 101 heavy (non-hydrogen) atoms. The molecule has 530 valence electrons. The summed E-state index contributed by atoms with van der Waals surface area (Å²) >= 11 is 10.0. The topological polar surface area (TPSA) is 273 Å². The molecule has 4 fully saturated rings. The monoisotopic (exact) mass is 1420 g/mol. The number of halogens is 2. The Labute approximate surface area is 594 Å². The minimum absolute atomic E-state index is 0.0206. The number of carbonyl (C=O) groups excluding carboxylic acids is 9. The van der Waals surface area contributed by atoms with Crippen molar-refractivity contribution in [3.8, 4) is 11.1 Å². The number of benzene rings is 6. The van der Waals surface area contributed by atoms with Crippen LogP contribution in [0.3, 0.4) is 0 Å². The Kier molecular flexibility index (Phi) is 24.9. The fourth-order valence-electron chi connectivity index (χ4n) is 12.3. The van der Waals surface area contributed by atoms with Crippen molar-refractivity contribution in [2.45, 2.75) is 83.6 Å². The number of fused-ring (bicyclic) bond motifs is 3. The van der Waals surface area contributed by atoms with Gasteiger partial charge in [-0.15, -0.1) is 0 Å². The van der Waals surface area contributed by atoms with Gasteiger partial charge in [0.1, 0.15) is 36.7 Å². The summed E-state index contributed by atoms with van der Waals surface area (Å²) in [5, 5.41) is 5.96. The quantitative estimate of drug-likeness (QED) is 0.00536. The Balaban J connectivity index is 0.000000231. The Bertz CT molecular complexity index is 4040. The van der Waals surface area contributed by atoms with Crippen LogP contribution in [0.25, 0.3) is 11.1 Å². The molecule has 0 unspecified atom stereocenters. The van der Waals surface area contributed by atoms with Gasteiger partial charge in [-0.2, -0.15) is 0 Å². The molecule has 1 aliphatic carbocycles. The Morgan fingerprint density at radius 1 is 0.564 bits per heavy atom. The zero-order valence-corrected chi connectivity index (χ0v) is 58.0. The highest BCUT2D eigenvalue weighted by atomic mass is 32.1. The molecule has 0 bridgehead atoms. The standard InChI is InChI=1S/C44H45FN6O7S.C29H35FN6O5S/c1-27(42(54)43(55)57-26-37-35-9-5-3-7-33(35)34-8-4-6-10-36(34)37)47-48-30-13-11-29(12-14-30)40(52)17-18-41(53)50-21-19-49(20-22-50)39-16-15-31(23-38(39)45)51-25-32(58-44(51)56)24-46-28(2)59;1-19(18-37)32-33-22-5-3-21(4-6-22)27(38)9-10-28(39)35-13-11-34(12-14-35)26-8-7-23(15-25(26)30)36-17-24(41-29(36)40)16-31-20(2)42/h3-16,23,27,32,37,47-48H,17-22,24-26H2,1-2H3,(H,46,59);3-8,15,18-19,24,32-33H,9-14,16-17H2,1-2H3,(H,31,42)/t27-,32+;19-,24-/m10/s1. The van der Waals surface area contributed by atoms with Gasteiger partial charge in [-0.05, 0) is 135 Å². The van der Waals surface area contributed by atoms with Gasteiger partial charge < -0.3 is 60.1 Å². The van der Waals surface area contributed by atoms with Gasteiger partial charge in [-0.3, -0.25) is 33.8 Å². The van der Waals surface area contributed by atoms with Crippen LogP contribution in [-0.4, -0.2) is 183 Å². The summed E-state index contributed by atoms with van der Waals surface area (Å²) in [5.74, 6) is -3.38. The van der Waals surface area contributed by atoms with Crippen LogP contribution < -0.4 is 51.9 Å². The number of nitrogens with one attached hydrogen (secondary N) is 6. The molecule has 6 N–H and O–H groups in total. The number of anilines is 6. The van der Waals surface area contributed by atoms with Crippen LogP contribution in [0.4, 0.5) is 52.5 Å². The number of hydrogen-bond acceptors (Lipinski definition) is 20. The molecule has 5 aliphatic rings. The summed E-state index contributed by atoms with van der Waals surface area (Å²) < 4.78 is 46.6. The van der Waals surface area contributed by atoms with Crippen molar-refractivity contribution in [1.29, 1.82) is 0 Å². The highest BCUT2D eigenvalue weighted by Crippen LogP contribution is 2.44. The Morgan fingerprint density at radius 3 is 1.39 bits per heavy atom. The fourth-order valence-corrected chi connectivity index (χ4v) is 12.5. The fraction of sp³-hybridized carbons (Fsp3) is 0.356. The summed E-state index contributed by atoms with van der Waals surface area (Å²) in [7, 11) is 0. The van der Waals surface area contributed by atoms with E-state index in [-0.39, 0.29) is 80.3 Å². The molecule has 4 amide bonds. The van der Waals surface area contributed by atoms with Crippen molar-refractivity contribution < 1.29 is 66.1 Å². The molecule has 4 atom stereocenters. The van der Waals surface area contributed by atoms with Crippen LogP contribution in [0.2, 0.25) is 0 Å². The highest BCUT2D eigenvalue weighted by Gasteiger charge is 2.36. The Hall–Kier alpha value is -10.3. The predicted octanol–water partition coefficient (Wildman–Crippen LogP) is 8.53. The van der Waals surface area contributed by atoms with Crippen molar-refractivity contribution in [2.75, 3.05) is 116 Å². The Morgan fingerprint density at radius 2 is 0.980 bits per heavy atom. The number of thiocarbonyl (C=S) groups is 2. The summed E-state index contributed by atoms with van der Waals surface area (Å²) in [6.45, 7) is 11.4. The highest BCUT2D eigenvalue weighted by molar-refractivity contribution is 7.80. The molecule has 0 aromatic heterocycles. The average molecular weight is 1420 g/mol. The van der Waals surface area contributed by atoms with E-state index >= 15 is 8.78 Å². The van der Waals surface area contributed by atoms with Gasteiger partial charge in [0.25, 0.3) is 5.78 Å². The van der Waals surface area contributed by atoms with Gasteiger partial charge in [-0.1, -0.05) is 73.0 Å². The minimum atomic E-state index is -0.931. The molecule has 6 aromatic carbocycles. The second-order valence-corrected chi connectivity index (χ2v) is 26.2. The van der Waals surface area contributed by atoms with Crippen molar-refractivity contribution in [1.82, 2.24) is 31.3 Å². The molecule has 28 heteroatoms. The third-order valence-electron chi connectivity index (χ3n) is 17.9. The first kappa shape index (κ1) is 73.4. The van der Waals surface area contributed by atoms with Crippen molar-refractivity contribution in [2.24, 2.45) is 0 Å². The summed E-state index contributed by atoms with van der Waals surface area (Å²) in [6, 6.07) is 37.3. The molecule has 0 saturated carbocycles. The molecular weight excluding hydrogens is 1340 g/mol. The van der Waals surface area contributed by atoms with Crippen LogP contribution in [0.15, 0.2) is 133 Å². The molecule has 4 aliphatic heterocycles. The first-order valence-electron chi connectivity index (χ1n) is 33.3. The number of cyclic esters (lactones) is 2. The van der Waals surface area contributed by atoms with Gasteiger partial charge in [0, 0.05) is 106 Å². The molecule has 4 heterocycles. The second kappa shape index (κ2) is 34.2. The summed E-state index contributed by atoms with van der Waals surface area (Å²) in [4.78, 5) is 123. The van der Waals surface area contributed by atoms with Crippen LogP contribution in [0.5, 0.6) is 0 Å². The van der Waals surface area contributed by atoms with Gasteiger partial charge in [0.05, 0.1) is 71.0 Å². The van der Waals surface area contributed by atoms with E-state index in [0.29, 0.717) is 127 Å². The van der Waals surface area contributed by atoms with E-state index in [1.807, 2.05) is 58.3 Å². The van der Waals surface area contributed by atoms with E-state index in [1.165, 1.54) is 21.9 Å². The summed E-state index contributed by atoms with van der Waals surface area (Å²) in [5.41, 5.74) is 19.5. The van der Waals surface area contributed by atoms with E-state index in [4.69, 9.17) is 38.6 Å². The maximum atomic E-state index is 15.3. The molecule has 0 radical (unpaired) electrons. The normalized spacial score (nSPS) is 16.9. The molecule has 11 rings (SSSR count). The molecule has 4 saturated heterocycles. The first-order chi connectivity index (χ1) is 48.6. The van der Waals surface area contributed by atoms with E-state index in [9.17, 15) is 43.2 Å². The third kappa shape index (κ3) is 19.0. The molecule has 6 aromatic rings. The van der Waals surface area contributed by atoms with E-state index in [0.717, 1.165) is 28.5 Å². The van der Waals surface area contributed by atoms with Crippen LogP contribution >= 0.6 is 24.4 Å². The second-order valence-electron chi connectivity index (χ2n) is 25.0. The zero-order valence-electron chi connectivity index (χ0n) is 56.3. The molecular formula is C73H80F2N12O12S2. The van der Waals surface area contributed by atoms with Crippen molar-refractivity contribution >= 4 is 122 Å². The number of amides is 4. The van der Waals surface area contributed by atoms with Crippen molar-refractivity contribution in [3.63, 3.8) is 0 Å². The largest absolute Gasteiger partial charge is 0.459 e. The van der Waals surface area contributed by atoms with Gasteiger partial charge >= 0.3 is 18.2 Å². The van der Waals surface area contributed by atoms with E-state index in [2.05, 4.69) is 32.3 Å². The third-order valence-corrected chi connectivity index (χ3v) is 18.2. The lowest BCUT2D eigenvalue weighted by molar-refractivity contribution is -0.154. The van der Waals surface area contributed by atoms with Gasteiger partial charge in [0.15, 0.2) is 11.6 Å². The molecule has 0 spiro atoms. The number of esters is 1. The number of ether oxygens (including phenoxy) is 3. The predicted molar refractivity (Wildman–Crippen MR) is 386 cm³/mol. The van der Waals surface area contributed by atoms with Gasteiger partial charge in [0.2, 0.25) is 11.8 Å².